The molecule has 0 radical (unpaired) electrons. The molecular weight excluding hydrogens is 354 g/mol. The first-order valence-corrected chi connectivity index (χ1v) is 8.82. The van der Waals surface area contributed by atoms with E-state index in [2.05, 4.69) is 5.32 Å². The van der Waals surface area contributed by atoms with Crippen LogP contribution in [0.2, 0.25) is 0 Å². The van der Waals surface area contributed by atoms with Crippen LogP contribution in [0.5, 0.6) is 11.5 Å². The van der Waals surface area contributed by atoms with Crippen LogP contribution in [0, 0.1) is 0 Å². The predicted octanol–water partition coefficient (Wildman–Crippen LogP) is 3.81. The quantitative estimate of drug-likeness (QED) is 0.708. The van der Waals surface area contributed by atoms with Crippen molar-refractivity contribution in [3.8, 4) is 11.5 Å². The number of fused-ring (bicyclic) bond motifs is 2. The van der Waals surface area contributed by atoms with E-state index in [0.29, 0.717) is 22.1 Å². The Morgan fingerprint density at radius 1 is 1.12 bits per heavy atom. The van der Waals surface area contributed by atoms with Crippen molar-refractivity contribution in [2.75, 3.05) is 12.1 Å². The fourth-order valence-corrected chi connectivity index (χ4v) is 3.52. The molecule has 1 atom stereocenters. The third kappa shape index (κ3) is 3.21. The average Bonchev–Trinajstić information content (AvgIpc) is 3.27. The highest BCUT2D eigenvalue weighted by Gasteiger charge is 2.21. The second-order valence-electron chi connectivity index (χ2n) is 5.75. The molecule has 0 spiro atoms. The van der Waals surface area contributed by atoms with Crippen molar-refractivity contribution < 1.29 is 23.8 Å². The molecule has 4 rings (SSSR count). The number of carbonyl (C=O) groups is 2. The number of rotatable bonds is 4. The number of ether oxygens (including phenoxy) is 3. The molecule has 1 amide bonds. The first-order valence-electron chi connectivity index (χ1n) is 8.00. The minimum Gasteiger partial charge on any atom is -0.454 e. The van der Waals surface area contributed by atoms with Crippen molar-refractivity contribution in [3.63, 3.8) is 0 Å². The Bertz CT molecular complexity index is 964. The van der Waals surface area contributed by atoms with Gasteiger partial charge in [-0.15, -0.1) is 11.3 Å². The Morgan fingerprint density at radius 2 is 1.92 bits per heavy atom. The maximum absolute atomic E-state index is 12.3. The molecule has 0 saturated heterocycles. The lowest BCUT2D eigenvalue weighted by Crippen LogP contribution is -2.29. The van der Waals surface area contributed by atoms with E-state index in [1.807, 2.05) is 24.3 Å². The van der Waals surface area contributed by atoms with Crippen molar-refractivity contribution in [3.05, 3.63) is 53.4 Å². The van der Waals surface area contributed by atoms with Gasteiger partial charge in [-0.05, 0) is 36.6 Å². The van der Waals surface area contributed by atoms with Crippen LogP contribution < -0.4 is 14.8 Å². The van der Waals surface area contributed by atoms with E-state index >= 15 is 0 Å². The summed E-state index contributed by atoms with van der Waals surface area (Å²) in [5.41, 5.74) is 0.545. The molecular formula is C19H15NO5S. The van der Waals surface area contributed by atoms with E-state index < -0.39 is 18.0 Å². The number of thiophene rings is 1. The van der Waals surface area contributed by atoms with Gasteiger partial charge in [0.15, 0.2) is 17.6 Å². The van der Waals surface area contributed by atoms with Crippen LogP contribution in [0.3, 0.4) is 0 Å². The van der Waals surface area contributed by atoms with Crippen molar-refractivity contribution in [2.24, 2.45) is 0 Å². The molecule has 1 unspecified atom stereocenters. The molecule has 0 bridgehead atoms. The molecule has 26 heavy (non-hydrogen) atoms. The van der Waals surface area contributed by atoms with Crippen LogP contribution in [0.4, 0.5) is 5.69 Å². The summed E-state index contributed by atoms with van der Waals surface area (Å²) >= 11 is 1.34. The van der Waals surface area contributed by atoms with Gasteiger partial charge in [-0.1, -0.05) is 18.2 Å². The molecule has 0 saturated carbocycles. The highest BCUT2D eigenvalue weighted by molar-refractivity contribution is 7.20. The molecule has 2 aromatic carbocycles. The normalized spacial score (nSPS) is 13.4. The molecule has 0 fully saturated rings. The molecule has 1 N–H and O–H groups in total. The summed E-state index contributed by atoms with van der Waals surface area (Å²) in [6, 6.07) is 14.5. The summed E-state index contributed by atoms with van der Waals surface area (Å²) in [6.45, 7) is 1.70. The lowest BCUT2D eigenvalue weighted by Gasteiger charge is -2.13. The van der Waals surface area contributed by atoms with E-state index in [-0.39, 0.29) is 6.79 Å². The number of esters is 1. The molecule has 6 nitrogen and oxygen atoms in total. The fraction of sp³-hybridized carbons (Fsp3) is 0.158. The van der Waals surface area contributed by atoms with Gasteiger partial charge in [0.1, 0.15) is 4.88 Å². The smallest absolute Gasteiger partial charge is 0.349 e. The Balaban J connectivity index is 1.41. The average molecular weight is 369 g/mol. The van der Waals surface area contributed by atoms with Gasteiger partial charge >= 0.3 is 5.97 Å². The second kappa shape index (κ2) is 6.68. The topological polar surface area (TPSA) is 73.9 Å². The van der Waals surface area contributed by atoms with Crippen LogP contribution in [0.15, 0.2) is 48.5 Å². The van der Waals surface area contributed by atoms with Crippen molar-refractivity contribution in [1.29, 1.82) is 0 Å². The van der Waals surface area contributed by atoms with Gasteiger partial charge in [-0.2, -0.15) is 0 Å². The Labute approximate surface area is 153 Å². The zero-order valence-corrected chi connectivity index (χ0v) is 14.7. The van der Waals surface area contributed by atoms with Crippen LogP contribution in [0.25, 0.3) is 10.1 Å². The maximum Gasteiger partial charge on any atom is 0.349 e. The lowest BCUT2D eigenvalue weighted by atomic mass is 10.2. The van der Waals surface area contributed by atoms with Crippen LogP contribution >= 0.6 is 11.3 Å². The summed E-state index contributed by atoms with van der Waals surface area (Å²) in [4.78, 5) is 25.1. The summed E-state index contributed by atoms with van der Waals surface area (Å²) in [5.74, 6) is 0.267. The standard InChI is InChI=1S/C19H15NO5S/c1-11(18(21)20-13-6-7-14-15(9-13)24-10-23-14)25-19(22)17-8-12-4-2-3-5-16(12)26-17/h2-9,11H,10H2,1H3,(H,20,21). The second-order valence-corrected chi connectivity index (χ2v) is 6.84. The molecule has 2 heterocycles. The van der Waals surface area contributed by atoms with Gasteiger partial charge in [-0.3, -0.25) is 4.79 Å². The molecule has 1 aliphatic rings. The maximum atomic E-state index is 12.3. The number of carbonyl (C=O) groups excluding carboxylic acids is 2. The van der Waals surface area contributed by atoms with Crippen molar-refractivity contribution >= 4 is 39.0 Å². The number of anilines is 1. The minimum atomic E-state index is -0.932. The van der Waals surface area contributed by atoms with Gasteiger partial charge < -0.3 is 19.5 Å². The largest absolute Gasteiger partial charge is 0.454 e. The van der Waals surface area contributed by atoms with Gasteiger partial charge in [-0.25, -0.2) is 4.79 Å². The van der Waals surface area contributed by atoms with Crippen LogP contribution in [-0.2, 0) is 9.53 Å². The van der Waals surface area contributed by atoms with Gasteiger partial charge in [0, 0.05) is 16.5 Å². The fourth-order valence-electron chi connectivity index (χ4n) is 2.57. The molecule has 1 aliphatic heterocycles. The Morgan fingerprint density at radius 3 is 2.77 bits per heavy atom. The number of benzene rings is 2. The minimum absolute atomic E-state index is 0.163. The zero-order valence-electron chi connectivity index (χ0n) is 13.9. The van der Waals surface area contributed by atoms with E-state index in [9.17, 15) is 9.59 Å². The third-order valence-electron chi connectivity index (χ3n) is 3.92. The monoisotopic (exact) mass is 369 g/mol. The van der Waals surface area contributed by atoms with Crippen molar-refractivity contribution in [1.82, 2.24) is 0 Å². The SMILES string of the molecule is CC(OC(=O)c1cc2ccccc2s1)C(=O)Nc1ccc2c(c1)OCO2. The number of hydrogen-bond donors (Lipinski definition) is 1. The Hall–Kier alpha value is -3.06. The van der Waals surface area contributed by atoms with E-state index in [1.54, 1.807) is 24.3 Å². The summed E-state index contributed by atoms with van der Waals surface area (Å²) in [6.07, 6.45) is -0.932. The number of amides is 1. The summed E-state index contributed by atoms with van der Waals surface area (Å²) < 4.78 is 16.8. The van der Waals surface area contributed by atoms with Crippen LogP contribution in [0.1, 0.15) is 16.6 Å². The van der Waals surface area contributed by atoms with Gasteiger partial charge in [0.2, 0.25) is 6.79 Å². The van der Waals surface area contributed by atoms with E-state index in [0.717, 1.165) is 10.1 Å². The highest BCUT2D eigenvalue weighted by atomic mass is 32.1. The first kappa shape index (κ1) is 16.4. The molecule has 1 aromatic heterocycles. The highest BCUT2D eigenvalue weighted by Crippen LogP contribution is 2.34. The summed E-state index contributed by atoms with van der Waals surface area (Å²) in [5, 5.41) is 3.68. The van der Waals surface area contributed by atoms with Gasteiger partial charge in [0.25, 0.3) is 5.91 Å². The number of hydrogen-bond acceptors (Lipinski definition) is 6. The molecule has 132 valence electrons. The van der Waals surface area contributed by atoms with Crippen LogP contribution in [-0.4, -0.2) is 24.8 Å². The third-order valence-corrected chi connectivity index (χ3v) is 5.02. The summed E-state index contributed by atoms with van der Waals surface area (Å²) in [7, 11) is 0. The van der Waals surface area contributed by atoms with Crippen molar-refractivity contribution in [2.45, 2.75) is 13.0 Å². The van der Waals surface area contributed by atoms with Gasteiger partial charge in [0.05, 0.1) is 0 Å². The molecule has 3 aromatic rings. The zero-order chi connectivity index (χ0) is 18.1. The molecule has 7 heteroatoms. The Kier molecular flexibility index (Phi) is 4.22. The van der Waals surface area contributed by atoms with E-state index in [4.69, 9.17) is 14.2 Å². The predicted molar refractivity (Wildman–Crippen MR) is 97.9 cm³/mol. The lowest BCUT2D eigenvalue weighted by molar-refractivity contribution is -0.123. The number of nitrogens with one attached hydrogen (secondary N) is 1. The van der Waals surface area contributed by atoms with E-state index in [1.165, 1.54) is 18.3 Å². The first-order chi connectivity index (χ1) is 12.6. The molecule has 0 aliphatic carbocycles.